The lowest BCUT2D eigenvalue weighted by molar-refractivity contribution is -0.113. The topological polar surface area (TPSA) is 67.8 Å². The van der Waals surface area contributed by atoms with E-state index >= 15 is 0 Å². The Morgan fingerprint density at radius 1 is 0.967 bits per heavy atom. The lowest BCUT2D eigenvalue weighted by Gasteiger charge is -2.32. The SMILES string of the molecule is COc1ccc(C(O)(c2ccc(OC)cc2)c2cc(Br)ccc2NC(=O)CCl)cc1. The van der Waals surface area contributed by atoms with Crippen LogP contribution >= 0.6 is 27.5 Å². The lowest BCUT2D eigenvalue weighted by atomic mass is 9.79. The second-order valence-electron chi connectivity index (χ2n) is 6.54. The molecule has 0 fully saturated rings. The highest BCUT2D eigenvalue weighted by atomic mass is 79.9. The van der Waals surface area contributed by atoms with Crippen molar-refractivity contribution in [2.24, 2.45) is 0 Å². The first-order chi connectivity index (χ1) is 14.4. The van der Waals surface area contributed by atoms with Gasteiger partial charge < -0.3 is 19.9 Å². The van der Waals surface area contributed by atoms with Crippen LogP contribution in [-0.2, 0) is 10.4 Å². The van der Waals surface area contributed by atoms with Gasteiger partial charge in [-0.05, 0) is 53.6 Å². The van der Waals surface area contributed by atoms with Gasteiger partial charge in [-0.1, -0.05) is 40.2 Å². The van der Waals surface area contributed by atoms with Crippen molar-refractivity contribution in [3.05, 3.63) is 87.9 Å². The number of halogens is 2. The number of alkyl halides is 1. The maximum atomic E-state index is 12.2. The normalized spacial score (nSPS) is 11.1. The zero-order valence-electron chi connectivity index (χ0n) is 16.5. The Morgan fingerprint density at radius 3 is 1.90 bits per heavy atom. The minimum absolute atomic E-state index is 0.195. The molecule has 0 aliphatic heterocycles. The van der Waals surface area contributed by atoms with Crippen molar-refractivity contribution >= 4 is 39.1 Å². The summed E-state index contributed by atoms with van der Waals surface area (Å²) in [4.78, 5) is 12.0. The zero-order chi connectivity index (χ0) is 21.7. The summed E-state index contributed by atoms with van der Waals surface area (Å²) in [6, 6.07) is 19.5. The number of benzene rings is 3. The first-order valence-electron chi connectivity index (χ1n) is 9.09. The zero-order valence-corrected chi connectivity index (χ0v) is 18.8. The molecule has 0 spiro atoms. The minimum Gasteiger partial charge on any atom is -0.497 e. The van der Waals surface area contributed by atoms with Crippen LogP contribution in [0.4, 0.5) is 5.69 Å². The molecule has 5 nitrogen and oxygen atoms in total. The number of ether oxygens (including phenoxy) is 2. The number of methoxy groups -OCH3 is 2. The number of amides is 1. The number of carbonyl (C=O) groups is 1. The second-order valence-corrected chi connectivity index (χ2v) is 7.72. The van der Waals surface area contributed by atoms with Crippen LogP contribution in [0.2, 0.25) is 0 Å². The summed E-state index contributed by atoms with van der Waals surface area (Å²) in [5, 5.41) is 14.9. The summed E-state index contributed by atoms with van der Waals surface area (Å²) in [5.41, 5.74) is 0.585. The maximum Gasteiger partial charge on any atom is 0.239 e. The van der Waals surface area contributed by atoms with Gasteiger partial charge in [-0.2, -0.15) is 0 Å². The second kappa shape index (κ2) is 9.51. The van der Waals surface area contributed by atoms with E-state index in [1.54, 1.807) is 80.9 Å². The molecule has 0 heterocycles. The van der Waals surface area contributed by atoms with Crippen molar-refractivity contribution < 1.29 is 19.4 Å². The summed E-state index contributed by atoms with van der Waals surface area (Å²) in [6.45, 7) is 0. The number of hydrogen-bond acceptors (Lipinski definition) is 4. The van der Waals surface area contributed by atoms with E-state index in [-0.39, 0.29) is 11.8 Å². The molecule has 0 saturated carbocycles. The smallest absolute Gasteiger partial charge is 0.239 e. The Morgan fingerprint density at radius 2 is 1.47 bits per heavy atom. The molecular formula is C23H21BrClNO4. The first kappa shape index (κ1) is 22.2. The van der Waals surface area contributed by atoms with Gasteiger partial charge in [0.05, 0.1) is 14.2 Å². The number of carbonyl (C=O) groups excluding carboxylic acids is 1. The number of rotatable bonds is 7. The Hall–Kier alpha value is -2.54. The molecule has 0 aromatic heterocycles. The van der Waals surface area contributed by atoms with Gasteiger partial charge in [-0.3, -0.25) is 4.79 Å². The molecule has 0 radical (unpaired) electrons. The lowest BCUT2D eigenvalue weighted by Crippen LogP contribution is -2.31. The molecule has 7 heteroatoms. The summed E-state index contributed by atoms with van der Waals surface area (Å²) in [7, 11) is 3.16. The number of anilines is 1. The predicted molar refractivity (Wildman–Crippen MR) is 122 cm³/mol. The summed E-state index contributed by atoms with van der Waals surface area (Å²) in [6.07, 6.45) is 0. The van der Waals surface area contributed by atoms with E-state index < -0.39 is 5.60 Å². The summed E-state index contributed by atoms with van der Waals surface area (Å²) < 4.78 is 11.3. The first-order valence-corrected chi connectivity index (χ1v) is 10.4. The van der Waals surface area contributed by atoms with E-state index in [1.165, 1.54) is 0 Å². The minimum atomic E-state index is -1.57. The molecule has 0 aliphatic carbocycles. The third kappa shape index (κ3) is 4.46. The standard InChI is InChI=1S/C23H21BrClNO4/c1-29-18-8-3-15(4-9-18)23(28,16-5-10-19(30-2)11-6-16)20-13-17(24)7-12-21(20)26-22(27)14-25/h3-13,28H,14H2,1-2H3,(H,26,27). The maximum absolute atomic E-state index is 12.2. The molecule has 3 rings (SSSR count). The van der Waals surface area contributed by atoms with Crippen LogP contribution in [0.5, 0.6) is 11.5 Å². The van der Waals surface area contributed by atoms with Crippen molar-refractivity contribution in [1.82, 2.24) is 0 Å². The molecule has 0 unspecified atom stereocenters. The molecule has 3 aromatic rings. The molecule has 3 aromatic carbocycles. The average molecular weight is 491 g/mol. The Kier molecular flexibility index (Phi) is 7.02. The number of nitrogens with one attached hydrogen (secondary N) is 1. The fraction of sp³-hybridized carbons (Fsp3) is 0.174. The van der Waals surface area contributed by atoms with Crippen molar-refractivity contribution in [3.8, 4) is 11.5 Å². The van der Waals surface area contributed by atoms with Gasteiger partial charge in [0.1, 0.15) is 23.0 Å². The van der Waals surface area contributed by atoms with E-state index in [1.807, 2.05) is 0 Å². The van der Waals surface area contributed by atoms with E-state index in [2.05, 4.69) is 21.2 Å². The Bertz CT molecular complexity index is 975. The van der Waals surface area contributed by atoms with Crippen molar-refractivity contribution in [1.29, 1.82) is 0 Å². The molecule has 156 valence electrons. The van der Waals surface area contributed by atoms with Crippen LogP contribution in [0, 0.1) is 0 Å². The van der Waals surface area contributed by atoms with E-state index in [0.717, 1.165) is 4.47 Å². The van der Waals surface area contributed by atoms with Gasteiger partial charge in [-0.15, -0.1) is 11.6 Å². The average Bonchev–Trinajstić information content (AvgIpc) is 2.79. The molecule has 1 amide bonds. The van der Waals surface area contributed by atoms with Gasteiger partial charge in [-0.25, -0.2) is 0 Å². The van der Waals surface area contributed by atoms with E-state index in [4.69, 9.17) is 21.1 Å². The van der Waals surface area contributed by atoms with Crippen LogP contribution in [0.25, 0.3) is 0 Å². The molecule has 2 N–H and O–H groups in total. The molecule has 0 atom stereocenters. The highest BCUT2D eigenvalue weighted by molar-refractivity contribution is 9.10. The fourth-order valence-electron chi connectivity index (χ4n) is 3.25. The third-order valence-electron chi connectivity index (χ3n) is 4.78. The van der Waals surface area contributed by atoms with Crippen LogP contribution in [0.3, 0.4) is 0 Å². The van der Waals surface area contributed by atoms with Gasteiger partial charge in [0.25, 0.3) is 0 Å². The van der Waals surface area contributed by atoms with Gasteiger partial charge in [0.2, 0.25) is 5.91 Å². The molecular weight excluding hydrogens is 470 g/mol. The van der Waals surface area contributed by atoms with E-state index in [9.17, 15) is 9.90 Å². The number of hydrogen-bond donors (Lipinski definition) is 2. The molecule has 0 aliphatic rings. The van der Waals surface area contributed by atoms with Crippen LogP contribution in [-0.4, -0.2) is 31.1 Å². The quantitative estimate of drug-likeness (QED) is 0.364. The van der Waals surface area contributed by atoms with Gasteiger partial charge in [0.15, 0.2) is 0 Å². The summed E-state index contributed by atoms with van der Waals surface area (Å²) >= 11 is 9.16. The fourth-order valence-corrected chi connectivity index (χ4v) is 3.68. The monoisotopic (exact) mass is 489 g/mol. The van der Waals surface area contributed by atoms with Gasteiger partial charge >= 0.3 is 0 Å². The van der Waals surface area contributed by atoms with Gasteiger partial charge in [0, 0.05) is 15.7 Å². The molecule has 0 bridgehead atoms. The third-order valence-corrected chi connectivity index (χ3v) is 5.52. The van der Waals surface area contributed by atoms with Crippen molar-refractivity contribution in [2.75, 3.05) is 25.4 Å². The van der Waals surface area contributed by atoms with Crippen LogP contribution in [0.1, 0.15) is 16.7 Å². The molecule has 30 heavy (non-hydrogen) atoms. The Labute approximate surface area is 188 Å². The highest BCUT2D eigenvalue weighted by Gasteiger charge is 2.36. The molecule has 0 saturated heterocycles. The van der Waals surface area contributed by atoms with E-state index in [0.29, 0.717) is 33.9 Å². The number of aliphatic hydroxyl groups is 1. The highest BCUT2D eigenvalue weighted by Crippen LogP contribution is 2.42. The van der Waals surface area contributed by atoms with Crippen molar-refractivity contribution in [3.63, 3.8) is 0 Å². The van der Waals surface area contributed by atoms with Crippen molar-refractivity contribution in [2.45, 2.75) is 5.60 Å². The Balaban J connectivity index is 2.26. The van der Waals surface area contributed by atoms with Crippen LogP contribution in [0.15, 0.2) is 71.2 Å². The summed E-state index contributed by atoms with van der Waals surface area (Å²) in [5.74, 6) is 0.771. The van der Waals surface area contributed by atoms with Crippen LogP contribution < -0.4 is 14.8 Å². The predicted octanol–water partition coefficient (Wildman–Crippen LogP) is 4.93. The largest absolute Gasteiger partial charge is 0.497 e.